The van der Waals surface area contributed by atoms with E-state index in [0.717, 1.165) is 41.6 Å². The van der Waals surface area contributed by atoms with Crippen LogP contribution in [0.15, 0.2) is 18.2 Å². The van der Waals surface area contributed by atoms with E-state index in [1.807, 2.05) is 30.7 Å². The lowest BCUT2D eigenvalue weighted by Gasteiger charge is -2.18. The van der Waals surface area contributed by atoms with E-state index in [1.54, 1.807) is 23.5 Å². The number of thioether (sulfide) groups is 2. The summed E-state index contributed by atoms with van der Waals surface area (Å²) in [6.45, 7) is 4.61. The number of aliphatic carboxylic acids is 2. The van der Waals surface area contributed by atoms with Crippen LogP contribution in [0.1, 0.15) is 70.8 Å². The van der Waals surface area contributed by atoms with Crippen molar-refractivity contribution in [2.24, 2.45) is 11.5 Å². The van der Waals surface area contributed by atoms with Gasteiger partial charge < -0.3 is 35.7 Å². The molecule has 1 aliphatic heterocycles. The van der Waals surface area contributed by atoms with Gasteiger partial charge in [-0.3, -0.25) is 18.6 Å². The number of carboxylic acid groups (broad SMARTS) is 2. The standard InChI is InChI=1S/C18H28O3S.2C5H11NO2S.H3NOS/c1-3-4-5-6-7-8-11-22(19)15(2)12-16-9-10-17-18(13-16)21-14-20-17;2*1-9-3-2-4(6)5(7)8;1-3-2/h9-10,13,15H,3-8,11-12,14H2,1-2H3;2*4H,2-3,6H2,1H3,(H,7,8);1H,3H2/t;4-;;/m.0../s1. The number of benzene rings is 1. The third kappa shape index (κ3) is 24.6. The quantitative estimate of drug-likeness (QED) is 0.109. The van der Waals surface area contributed by atoms with Gasteiger partial charge in [-0.1, -0.05) is 49.8 Å². The second-order valence-electron chi connectivity index (χ2n) is 9.61. The number of nitrogens with two attached hydrogens (primary N) is 2. The Kier molecular flexibility index (Phi) is 29.9. The van der Waals surface area contributed by atoms with Gasteiger partial charge in [-0.2, -0.15) is 23.5 Å². The maximum Gasteiger partial charge on any atom is 0.320 e. The Morgan fingerprint density at radius 2 is 1.49 bits per heavy atom. The van der Waals surface area contributed by atoms with Crippen LogP contribution in [-0.4, -0.2) is 84.8 Å². The van der Waals surface area contributed by atoms with Gasteiger partial charge in [-0.05, 0) is 74.3 Å². The molecule has 43 heavy (non-hydrogen) atoms. The van der Waals surface area contributed by atoms with Crippen molar-refractivity contribution >= 4 is 58.1 Å². The molecule has 4 atom stereocenters. The largest absolute Gasteiger partial charge is 0.616 e. The van der Waals surface area contributed by atoms with Crippen molar-refractivity contribution in [3.63, 3.8) is 0 Å². The second kappa shape index (κ2) is 29.4. The Morgan fingerprint density at radius 1 is 1.00 bits per heavy atom. The van der Waals surface area contributed by atoms with Gasteiger partial charge in [-0.15, -0.1) is 0 Å². The molecule has 1 aromatic carbocycles. The van der Waals surface area contributed by atoms with Crippen molar-refractivity contribution in [1.82, 2.24) is 0 Å². The Hall–Kier alpha value is -1.36. The molecule has 252 valence electrons. The monoisotopic (exact) mass is 687 g/mol. The number of carboxylic acids is 2. The SMILES string of the molecule is CCCCCCCC[S+]([O-])C(C)Cc1ccc2c(c1)OCO2.CSCCC(N)C(=O)O.CSCC[C@H](N)C(=O)O.N=[SH2]=O. The first-order valence-corrected chi connectivity index (χ1v) is 19.3. The molecule has 1 aliphatic rings. The number of unbranched alkanes of at least 4 members (excludes halogenated alkanes) is 5. The first-order chi connectivity index (χ1) is 20.5. The van der Waals surface area contributed by atoms with Crippen molar-refractivity contribution in [2.75, 3.05) is 36.6 Å². The third-order valence-corrected chi connectivity index (χ3v) is 9.05. The molecule has 0 saturated heterocycles. The Morgan fingerprint density at radius 3 is 1.98 bits per heavy atom. The maximum atomic E-state index is 12.3. The summed E-state index contributed by atoms with van der Waals surface area (Å²) >= 11 is 1.55. The van der Waals surface area contributed by atoms with Gasteiger partial charge in [-0.25, -0.2) is 0 Å². The highest BCUT2D eigenvalue weighted by Gasteiger charge is 2.19. The normalized spacial score (nSPS) is 14.2. The molecule has 0 aliphatic carbocycles. The van der Waals surface area contributed by atoms with Crippen molar-refractivity contribution in [1.29, 1.82) is 4.78 Å². The minimum atomic E-state index is -0.917. The molecule has 11 nitrogen and oxygen atoms in total. The van der Waals surface area contributed by atoms with Gasteiger partial charge in [0.05, 0.1) is 0 Å². The Bertz CT molecular complexity index is 887. The number of fused-ring (bicyclic) bond motifs is 1. The molecule has 1 aromatic rings. The summed E-state index contributed by atoms with van der Waals surface area (Å²) in [4.78, 5) is 20.1. The van der Waals surface area contributed by atoms with E-state index < -0.39 is 46.7 Å². The Balaban J connectivity index is 0. The van der Waals surface area contributed by atoms with Crippen molar-refractivity contribution < 1.29 is 38.0 Å². The minimum absolute atomic E-state index is 0.191. The smallest absolute Gasteiger partial charge is 0.320 e. The molecule has 0 radical (unpaired) electrons. The van der Waals surface area contributed by atoms with Gasteiger partial charge in [0.2, 0.25) is 6.79 Å². The van der Waals surface area contributed by atoms with Crippen LogP contribution in [-0.2, 0) is 38.6 Å². The maximum absolute atomic E-state index is 12.3. The van der Waals surface area contributed by atoms with Crippen LogP contribution in [0.3, 0.4) is 0 Å². The fourth-order valence-corrected chi connectivity index (χ4v) is 5.70. The minimum Gasteiger partial charge on any atom is -0.616 e. The van der Waals surface area contributed by atoms with Crippen molar-refractivity contribution in [3.8, 4) is 11.5 Å². The van der Waals surface area contributed by atoms with Crippen LogP contribution in [0, 0.1) is 4.78 Å². The van der Waals surface area contributed by atoms with Crippen LogP contribution in [0.25, 0.3) is 0 Å². The summed E-state index contributed by atoms with van der Waals surface area (Å²) in [5.74, 6) is 2.25. The molecule has 3 unspecified atom stereocenters. The molecule has 0 aromatic heterocycles. The average Bonchev–Trinajstić information content (AvgIpc) is 3.45. The van der Waals surface area contributed by atoms with Crippen LogP contribution >= 0.6 is 23.5 Å². The average molecular weight is 688 g/mol. The number of hydrogen-bond donors (Lipinski definition) is 5. The van der Waals surface area contributed by atoms with E-state index in [1.165, 1.54) is 37.7 Å². The summed E-state index contributed by atoms with van der Waals surface area (Å²) in [7, 11) is 0. The van der Waals surface area contributed by atoms with Gasteiger partial charge >= 0.3 is 11.9 Å². The van der Waals surface area contributed by atoms with E-state index >= 15 is 0 Å². The van der Waals surface area contributed by atoms with Crippen molar-refractivity contribution in [2.45, 2.75) is 89.0 Å². The lowest BCUT2D eigenvalue weighted by molar-refractivity contribution is -0.139. The molecular weight excluding hydrogens is 635 g/mol. The highest BCUT2D eigenvalue weighted by atomic mass is 32.2. The second-order valence-corrected chi connectivity index (χ2v) is 13.8. The van der Waals surface area contributed by atoms with Crippen LogP contribution in [0.2, 0.25) is 0 Å². The zero-order valence-electron chi connectivity index (χ0n) is 25.9. The first kappa shape index (κ1) is 43.8. The lowest BCUT2D eigenvalue weighted by atomic mass is 10.1. The van der Waals surface area contributed by atoms with Crippen LogP contribution in [0.4, 0.5) is 0 Å². The predicted molar refractivity (Wildman–Crippen MR) is 183 cm³/mol. The number of hydrogen-bond acceptors (Lipinski definition) is 11. The molecule has 0 bridgehead atoms. The number of ether oxygens (including phenoxy) is 2. The highest BCUT2D eigenvalue weighted by molar-refractivity contribution is 7.98. The first-order valence-electron chi connectivity index (χ1n) is 14.2. The zero-order chi connectivity index (χ0) is 33.0. The molecule has 2 rings (SSSR count). The van der Waals surface area contributed by atoms with Gasteiger partial charge in [0.25, 0.3) is 0 Å². The fourth-order valence-electron chi connectivity index (χ4n) is 3.46. The van der Waals surface area contributed by atoms with Gasteiger partial charge in [0, 0.05) is 17.9 Å². The molecule has 0 saturated carbocycles. The van der Waals surface area contributed by atoms with E-state index in [0.29, 0.717) is 19.6 Å². The fraction of sp³-hybridized carbons (Fsp3) is 0.714. The molecule has 7 N–H and O–H groups in total. The molecule has 1 heterocycles. The van der Waals surface area contributed by atoms with E-state index in [-0.39, 0.29) is 5.25 Å². The lowest BCUT2D eigenvalue weighted by Crippen LogP contribution is -2.30. The predicted octanol–water partition coefficient (Wildman–Crippen LogP) is 4.18. The summed E-state index contributed by atoms with van der Waals surface area (Å²) in [5.41, 5.74) is 11.6. The van der Waals surface area contributed by atoms with Gasteiger partial charge in [0.15, 0.2) is 11.5 Å². The molecule has 0 fully saturated rings. The van der Waals surface area contributed by atoms with Crippen molar-refractivity contribution in [3.05, 3.63) is 23.8 Å². The molecule has 0 spiro atoms. The molecule has 15 heteroatoms. The summed E-state index contributed by atoms with van der Waals surface area (Å²) in [5, 5.41) is 16.7. The molecule has 0 amide bonds. The van der Waals surface area contributed by atoms with E-state index in [2.05, 4.69) is 13.8 Å². The Labute approximate surface area is 272 Å². The summed E-state index contributed by atoms with van der Waals surface area (Å²) in [6.07, 6.45) is 13.3. The summed E-state index contributed by atoms with van der Waals surface area (Å²) < 4.78 is 37.3. The van der Waals surface area contributed by atoms with Crippen LogP contribution < -0.4 is 20.9 Å². The summed E-state index contributed by atoms with van der Waals surface area (Å²) in [6, 6.07) is 4.64. The number of nitrogens with one attached hydrogen (secondary N) is 1. The number of carbonyl (C=O) groups is 2. The van der Waals surface area contributed by atoms with Gasteiger partial charge in [0.1, 0.15) is 23.1 Å². The molecular formula is C28H53N3O8S4. The van der Waals surface area contributed by atoms with E-state index in [4.69, 9.17) is 40.1 Å². The number of rotatable bonds is 18. The van der Waals surface area contributed by atoms with E-state index in [9.17, 15) is 14.1 Å². The zero-order valence-corrected chi connectivity index (χ0v) is 29.3. The third-order valence-electron chi connectivity index (χ3n) is 6.01. The van der Waals surface area contributed by atoms with Crippen LogP contribution in [0.5, 0.6) is 11.5 Å². The highest BCUT2D eigenvalue weighted by Crippen LogP contribution is 2.33. The topological polar surface area (TPSA) is 209 Å².